The van der Waals surface area contributed by atoms with E-state index in [0.717, 1.165) is 0 Å². The molecule has 0 aliphatic rings. The maximum atomic E-state index is 10.4. The third kappa shape index (κ3) is 2.54. The number of para-hydroxylation sites is 1. The number of carbonyl (C=O) groups excluding carboxylic acids is 1. The van der Waals surface area contributed by atoms with E-state index in [1.165, 1.54) is 0 Å². The van der Waals surface area contributed by atoms with Crippen LogP contribution in [0.3, 0.4) is 0 Å². The SMILES string of the molecule is [2H]c1c([2H])c([2H])c(C(=O)[O-])c(O)c1[2H].[Na+]. The monoisotopic (exact) mass is 164 g/mol. The van der Waals surface area contributed by atoms with Crippen LogP contribution >= 0.6 is 0 Å². The van der Waals surface area contributed by atoms with Crippen molar-refractivity contribution in [2.24, 2.45) is 0 Å². The van der Waals surface area contributed by atoms with Crippen molar-refractivity contribution in [1.29, 1.82) is 0 Å². The maximum absolute atomic E-state index is 10.4. The van der Waals surface area contributed by atoms with E-state index in [9.17, 15) is 9.90 Å². The van der Waals surface area contributed by atoms with E-state index in [1.54, 1.807) is 0 Å². The van der Waals surface area contributed by atoms with Gasteiger partial charge in [-0.25, -0.2) is 0 Å². The normalized spacial score (nSPS) is 13.5. The smallest absolute Gasteiger partial charge is 0.545 e. The van der Waals surface area contributed by atoms with Crippen LogP contribution in [-0.4, -0.2) is 11.1 Å². The molecule has 0 atom stereocenters. The molecular formula is C7H5NaO3. The van der Waals surface area contributed by atoms with Crippen molar-refractivity contribution in [1.82, 2.24) is 0 Å². The van der Waals surface area contributed by atoms with Gasteiger partial charge in [-0.1, -0.05) is 12.1 Å². The molecule has 1 rings (SSSR count). The Morgan fingerprint density at radius 1 is 1.55 bits per heavy atom. The van der Waals surface area contributed by atoms with Crippen LogP contribution in [0.1, 0.15) is 15.8 Å². The topological polar surface area (TPSA) is 60.4 Å². The van der Waals surface area contributed by atoms with Crippen molar-refractivity contribution in [3.05, 3.63) is 29.7 Å². The van der Waals surface area contributed by atoms with Crippen LogP contribution in [0.5, 0.6) is 5.75 Å². The first-order valence-corrected chi connectivity index (χ1v) is 2.38. The fourth-order valence-electron chi connectivity index (χ4n) is 0.454. The van der Waals surface area contributed by atoms with E-state index in [4.69, 9.17) is 10.6 Å². The molecule has 0 aromatic heterocycles. The summed E-state index contributed by atoms with van der Waals surface area (Å²) in [4.78, 5) is 10.4. The van der Waals surface area contributed by atoms with Gasteiger partial charge in [0.25, 0.3) is 0 Å². The Labute approximate surface area is 91.6 Å². The van der Waals surface area contributed by atoms with Crippen LogP contribution in [0.25, 0.3) is 0 Å². The minimum absolute atomic E-state index is 0. The molecule has 0 unspecified atom stereocenters. The summed E-state index contributed by atoms with van der Waals surface area (Å²) in [5.74, 6) is -2.84. The van der Waals surface area contributed by atoms with E-state index in [1.807, 2.05) is 0 Å². The number of carboxylic acid groups (broad SMARTS) is 1. The molecule has 0 spiro atoms. The molecule has 1 N–H and O–H groups in total. The number of rotatable bonds is 1. The summed E-state index contributed by atoms with van der Waals surface area (Å²) in [5, 5.41) is 19.6. The Kier molecular flexibility index (Phi) is 2.07. The number of carboxylic acids is 1. The van der Waals surface area contributed by atoms with E-state index < -0.39 is 41.5 Å². The first-order valence-electron chi connectivity index (χ1n) is 4.38. The third-order valence-electron chi connectivity index (χ3n) is 0.872. The molecule has 0 bridgehead atoms. The number of aromatic hydroxyl groups is 1. The molecule has 11 heavy (non-hydrogen) atoms. The zero-order valence-electron chi connectivity index (χ0n) is 9.76. The second-order valence-corrected chi connectivity index (χ2v) is 1.51. The van der Waals surface area contributed by atoms with Crippen LogP contribution in [0.15, 0.2) is 24.2 Å². The number of benzene rings is 1. The summed E-state index contributed by atoms with van der Waals surface area (Å²) >= 11 is 0. The van der Waals surface area contributed by atoms with E-state index in [-0.39, 0.29) is 29.6 Å². The van der Waals surface area contributed by atoms with Crippen molar-refractivity contribution in [3.63, 3.8) is 0 Å². The average molecular weight is 164 g/mol. The summed E-state index contributed by atoms with van der Waals surface area (Å²) in [6.45, 7) is 0. The van der Waals surface area contributed by atoms with Gasteiger partial charge >= 0.3 is 29.6 Å². The minimum Gasteiger partial charge on any atom is -0.545 e. The standard InChI is InChI=1S/C7H6O3.Na/c8-6-4-2-1-3-5(6)7(9)10;/h1-4,8H,(H,9,10);/q;+1/p-1/i1D,2D,3D,4D;. The largest absolute Gasteiger partial charge is 1.00 e. The van der Waals surface area contributed by atoms with Gasteiger partial charge in [0, 0.05) is 5.56 Å². The van der Waals surface area contributed by atoms with Gasteiger partial charge in [-0.2, -0.15) is 0 Å². The summed E-state index contributed by atoms with van der Waals surface area (Å²) < 4.78 is 28.4. The molecule has 1 aromatic rings. The van der Waals surface area contributed by atoms with Gasteiger partial charge in [0.15, 0.2) is 0 Å². The van der Waals surface area contributed by atoms with Crippen molar-refractivity contribution < 1.29 is 50.0 Å². The van der Waals surface area contributed by atoms with Crippen LogP contribution in [-0.2, 0) is 0 Å². The van der Waals surface area contributed by atoms with Crippen molar-refractivity contribution >= 4 is 5.97 Å². The predicted octanol–water partition coefficient (Wildman–Crippen LogP) is -3.24. The first kappa shape index (κ1) is 5.19. The molecule has 4 heteroatoms. The second kappa shape index (κ2) is 4.38. The van der Waals surface area contributed by atoms with Crippen LogP contribution < -0.4 is 34.7 Å². The summed E-state index contributed by atoms with van der Waals surface area (Å²) in [6, 6.07) is -3.00. The minimum atomic E-state index is -1.84. The van der Waals surface area contributed by atoms with Crippen molar-refractivity contribution in [2.45, 2.75) is 0 Å². The zero-order valence-corrected chi connectivity index (χ0v) is 7.76. The number of hydrogen-bond donors (Lipinski definition) is 1. The molecule has 3 nitrogen and oxygen atoms in total. The van der Waals surface area contributed by atoms with Crippen molar-refractivity contribution in [3.8, 4) is 5.75 Å². The van der Waals surface area contributed by atoms with Gasteiger partial charge in [0.2, 0.25) is 0 Å². The summed E-state index contributed by atoms with van der Waals surface area (Å²) in [5.41, 5.74) is -0.920. The van der Waals surface area contributed by atoms with E-state index in [0.29, 0.717) is 0 Å². The molecule has 0 amide bonds. The molecule has 0 saturated heterocycles. The Morgan fingerprint density at radius 2 is 2.09 bits per heavy atom. The Balaban J connectivity index is 0.00000196. The van der Waals surface area contributed by atoms with Crippen molar-refractivity contribution in [2.75, 3.05) is 0 Å². The molecule has 1 aromatic carbocycles. The number of aromatic carboxylic acids is 1. The molecular weight excluding hydrogens is 155 g/mol. The summed E-state index contributed by atoms with van der Waals surface area (Å²) in [6.07, 6.45) is 0. The number of hydrogen-bond acceptors (Lipinski definition) is 3. The fraction of sp³-hybridized carbons (Fsp3) is 0. The molecule has 0 saturated carbocycles. The molecule has 0 aliphatic heterocycles. The first-order chi connectivity index (χ1) is 6.37. The Morgan fingerprint density at radius 3 is 2.64 bits per heavy atom. The third-order valence-corrected chi connectivity index (χ3v) is 0.872. The number of phenols is 1. The van der Waals surface area contributed by atoms with Gasteiger partial charge in [-0.05, 0) is 12.1 Å². The predicted molar refractivity (Wildman–Crippen MR) is 32.4 cm³/mol. The zero-order chi connectivity index (χ0) is 11.0. The molecule has 0 heterocycles. The van der Waals surface area contributed by atoms with Gasteiger partial charge in [0.05, 0.1) is 11.5 Å². The summed E-state index contributed by atoms with van der Waals surface area (Å²) in [7, 11) is 0. The molecule has 0 radical (unpaired) electrons. The van der Waals surface area contributed by atoms with Crippen LogP contribution in [0, 0.1) is 0 Å². The van der Waals surface area contributed by atoms with Gasteiger partial charge < -0.3 is 15.0 Å². The van der Waals surface area contributed by atoms with E-state index >= 15 is 0 Å². The molecule has 0 aliphatic carbocycles. The van der Waals surface area contributed by atoms with E-state index in [2.05, 4.69) is 0 Å². The van der Waals surface area contributed by atoms with Gasteiger partial charge in [-0.3, -0.25) is 0 Å². The quantitative estimate of drug-likeness (QED) is 0.444. The fourth-order valence-corrected chi connectivity index (χ4v) is 0.454. The van der Waals surface area contributed by atoms with Crippen LogP contribution in [0.2, 0.25) is 0 Å². The number of carbonyl (C=O) groups is 1. The molecule has 52 valence electrons. The van der Waals surface area contributed by atoms with Crippen LogP contribution in [0.4, 0.5) is 0 Å². The molecule has 0 fully saturated rings. The second-order valence-electron chi connectivity index (χ2n) is 1.51. The van der Waals surface area contributed by atoms with Gasteiger partial charge in [-0.15, -0.1) is 0 Å². The maximum Gasteiger partial charge on any atom is 1.00 e. The van der Waals surface area contributed by atoms with Gasteiger partial charge in [0.1, 0.15) is 5.75 Å². The average Bonchev–Trinajstić information content (AvgIpc) is 2.11. The Hall–Kier alpha value is -0.510. The Bertz CT molecular complexity index is 392.